The van der Waals surface area contributed by atoms with Gasteiger partial charge < -0.3 is 20.3 Å². The van der Waals surface area contributed by atoms with Gasteiger partial charge in [0.25, 0.3) is 0 Å². The molecule has 0 atom stereocenters. The maximum atomic E-state index is 12.6. The molecule has 4 rings (SSSR count). The zero-order valence-electron chi connectivity index (χ0n) is 20.6. The van der Waals surface area contributed by atoms with E-state index in [9.17, 15) is 18.0 Å². The Hall–Kier alpha value is -4.41. The number of hydrogen-bond acceptors (Lipinski definition) is 6. The average molecular weight is 511 g/mol. The van der Waals surface area contributed by atoms with Crippen LogP contribution in [0.2, 0.25) is 0 Å². The van der Waals surface area contributed by atoms with Gasteiger partial charge in [-0.25, -0.2) is 14.8 Å². The lowest BCUT2D eigenvalue weighted by atomic mass is 10.1. The Morgan fingerprint density at radius 3 is 2.46 bits per heavy atom. The van der Waals surface area contributed by atoms with Crippen LogP contribution in [-0.4, -0.2) is 35.1 Å². The van der Waals surface area contributed by atoms with Crippen LogP contribution in [0.5, 0.6) is 11.6 Å². The molecule has 0 aliphatic heterocycles. The molecule has 37 heavy (non-hydrogen) atoms. The predicted octanol–water partition coefficient (Wildman–Crippen LogP) is 5.84. The Balaban J connectivity index is 1.44. The standard InChI is InChI=1S/C26H25F3N6O2/c1-15-10-22(37-24-19-7-6-18(35(3)4)11-21(19)32-14-33-24)16(2)9-20(15)34-25(36)31-13-17-5-8-23(30-12-17)26(27,28)29/h5-12,14H,13H2,1-4H3,(H2,31,34,36). The van der Waals surface area contributed by atoms with Crippen molar-refractivity contribution in [2.24, 2.45) is 0 Å². The molecule has 2 heterocycles. The number of carbonyl (C=O) groups is 1. The average Bonchev–Trinajstić information content (AvgIpc) is 2.85. The van der Waals surface area contributed by atoms with E-state index in [4.69, 9.17) is 4.74 Å². The number of anilines is 2. The monoisotopic (exact) mass is 510 g/mol. The number of urea groups is 1. The smallest absolute Gasteiger partial charge is 0.433 e. The molecule has 0 fully saturated rings. The molecule has 8 nitrogen and oxygen atoms in total. The minimum Gasteiger partial charge on any atom is -0.438 e. The van der Waals surface area contributed by atoms with Crippen molar-refractivity contribution in [3.05, 3.63) is 77.4 Å². The summed E-state index contributed by atoms with van der Waals surface area (Å²) in [6.07, 6.45) is -1.97. The van der Waals surface area contributed by atoms with Crippen molar-refractivity contribution in [1.82, 2.24) is 20.3 Å². The van der Waals surface area contributed by atoms with Gasteiger partial charge in [0.15, 0.2) is 0 Å². The van der Waals surface area contributed by atoms with Gasteiger partial charge in [-0.15, -0.1) is 0 Å². The lowest BCUT2D eigenvalue weighted by Gasteiger charge is -2.16. The third kappa shape index (κ3) is 6.05. The van der Waals surface area contributed by atoms with Crippen LogP contribution < -0.4 is 20.3 Å². The Kier molecular flexibility index (Phi) is 7.14. The summed E-state index contributed by atoms with van der Waals surface area (Å²) in [6.45, 7) is 3.69. The van der Waals surface area contributed by atoms with Crippen LogP contribution in [0.25, 0.3) is 10.9 Å². The molecular formula is C26H25F3N6O2. The van der Waals surface area contributed by atoms with Gasteiger partial charge in [-0.2, -0.15) is 13.2 Å². The number of pyridine rings is 1. The van der Waals surface area contributed by atoms with Crippen molar-refractivity contribution < 1.29 is 22.7 Å². The van der Waals surface area contributed by atoms with E-state index in [0.29, 0.717) is 22.9 Å². The second-order valence-electron chi connectivity index (χ2n) is 8.67. The van der Waals surface area contributed by atoms with Crippen molar-refractivity contribution in [2.45, 2.75) is 26.6 Å². The first kappa shape index (κ1) is 25.7. The molecule has 192 valence electrons. The highest BCUT2D eigenvalue weighted by Gasteiger charge is 2.32. The molecule has 2 aromatic heterocycles. The van der Waals surface area contributed by atoms with Gasteiger partial charge in [-0.1, -0.05) is 6.07 Å². The highest BCUT2D eigenvalue weighted by Crippen LogP contribution is 2.33. The van der Waals surface area contributed by atoms with Crippen LogP contribution in [0.4, 0.5) is 29.3 Å². The molecular weight excluding hydrogens is 485 g/mol. The van der Waals surface area contributed by atoms with E-state index in [-0.39, 0.29) is 6.54 Å². The van der Waals surface area contributed by atoms with E-state index >= 15 is 0 Å². The third-order valence-corrected chi connectivity index (χ3v) is 5.64. The number of rotatable bonds is 6. The number of amides is 2. The van der Waals surface area contributed by atoms with Crippen molar-refractivity contribution in [3.8, 4) is 11.6 Å². The zero-order chi connectivity index (χ0) is 26.7. The van der Waals surface area contributed by atoms with Crippen molar-refractivity contribution in [3.63, 3.8) is 0 Å². The topological polar surface area (TPSA) is 92.3 Å². The second kappa shape index (κ2) is 10.3. The summed E-state index contributed by atoms with van der Waals surface area (Å²) >= 11 is 0. The fraction of sp³-hybridized carbons (Fsp3) is 0.231. The zero-order valence-corrected chi connectivity index (χ0v) is 20.6. The van der Waals surface area contributed by atoms with Crippen LogP contribution in [0, 0.1) is 13.8 Å². The molecule has 0 spiro atoms. The van der Waals surface area contributed by atoms with Crippen molar-refractivity contribution >= 4 is 28.3 Å². The van der Waals surface area contributed by atoms with Crippen molar-refractivity contribution in [2.75, 3.05) is 24.3 Å². The molecule has 2 amide bonds. The highest BCUT2D eigenvalue weighted by atomic mass is 19.4. The molecule has 0 aliphatic carbocycles. The maximum absolute atomic E-state index is 12.6. The molecule has 0 saturated carbocycles. The van der Waals surface area contributed by atoms with Crippen LogP contribution in [0.3, 0.4) is 0 Å². The number of nitrogens with one attached hydrogen (secondary N) is 2. The molecule has 11 heteroatoms. The van der Waals surface area contributed by atoms with Gasteiger partial charge in [-0.3, -0.25) is 4.98 Å². The van der Waals surface area contributed by atoms with Gasteiger partial charge >= 0.3 is 12.2 Å². The number of benzene rings is 2. The molecule has 0 unspecified atom stereocenters. The van der Waals surface area contributed by atoms with Gasteiger partial charge in [0.05, 0.1) is 10.9 Å². The summed E-state index contributed by atoms with van der Waals surface area (Å²) in [6, 6.07) is 11.0. The summed E-state index contributed by atoms with van der Waals surface area (Å²) in [7, 11) is 3.90. The normalized spacial score (nSPS) is 11.3. The van der Waals surface area contributed by atoms with Crippen LogP contribution in [0.1, 0.15) is 22.4 Å². The van der Waals surface area contributed by atoms with Gasteiger partial charge in [0, 0.05) is 38.2 Å². The van der Waals surface area contributed by atoms with E-state index in [0.717, 1.165) is 40.0 Å². The van der Waals surface area contributed by atoms with Gasteiger partial charge in [0.2, 0.25) is 5.88 Å². The predicted molar refractivity (Wildman–Crippen MR) is 135 cm³/mol. The lowest BCUT2D eigenvalue weighted by molar-refractivity contribution is -0.141. The van der Waals surface area contributed by atoms with E-state index in [1.165, 1.54) is 12.4 Å². The molecule has 4 aromatic rings. The Labute approximate surface area is 211 Å². The van der Waals surface area contributed by atoms with Crippen LogP contribution in [-0.2, 0) is 12.7 Å². The van der Waals surface area contributed by atoms with Crippen LogP contribution >= 0.6 is 0 Å². The summed E-state index contributed by atoms with van der Waals surface area (Å²) in [4.78, 5) is 26.4. The molecule has 0 aliphatic rings. The SMILES string of the molecule is Cc1cc(Oc2ncnc3cc(N(C)C)ccc23)c(C)cc1NC(=O)NCc1ccc(C(F)(F)F)nc1. The highest BCUT2D eigenvalue weighted by molar-refractivity contribution is 5.90. The number of hydrogen-bond donors (Lipinski definition) is 2. The first-order chi connectivity index (χ1) is 17.5. The fourth-order valence-electron chi connectivity index (χ4n) is 3.56. The van der Waals surface area contributed by atoms with E-state index in [1.807, 2.05) is 51.0 Å². The summed E-state index contributed by atoms with van der Waals surface area (Å²) < 4.78 is 44.1. The first-order valence-corrected chi connectivity index (χ1v) is 11.3. The molecule has 2 aromatic carbocycles. The number of aryl methyl sites for hydroxylation is 2. The third-order valence-electron chi connectivity index (χ3n) is 5.64. The summed E-state index contributed by atoms with van der Waals surface area (Å²) in [5.41, 5.74) is 3.30. The van der Waals surface area contributed by atoms with E-state index in [2.05, 4.69) is 25.6 Å². The summed E-state index contributed by atoms with van der Waals surface area (Å²) in [5, 5.41) is 6.14. The number of aromatic nitrogens is 3. The minimum atomic E-state index is -4.51. The maximum Gasteiger partial charge on any atom is 0.433 e. The number of alkyl halides is 3. The molecule has 0 bridgehead atoms. The molecule has 0 saturated heterocycles. The number of fused-ring (bicyclic) bond motifs is 1. The number of halogens is 3. The minimum absolute atomic E-state index is 0.0204. The van der Waals surface area contributed by atoms with Crippen molar-refractivity contribution in [1.29, 1.82) is 0 Å². The largest absolute Gasteiger partial charge is 0.438 e. The number of ether oxygens (including phenoxy) is 1. The Morgan fingerprint density at radius 2 is 1.78 bits per heavy atom. The van der Waals surface area contributed by atoms with Crippen LogP contribution in [0.15, 0.2) is 55.0 Å². The fourth-order valence-corrected chi connectivity index (χ4v) is 3.56. The van der Waals surface area contributed by atoms with E-state index in [1.54, 1.807) is 12.1 Å². The number of nitrogens with zero attached hydrogens (tertiary/aromatic N) is 4. The summed E-state index contributed by atoms with van der Waals surface area (Å²) in [5.74, 6) is 0.998. The van der Waals surface area contributed by atoms with Gasteiger partial charge in [0.1, 0.15) is 17.8 Å². The van der Waals surface area contributed by atoms with E-state index < -0.39 is 17.9 Å². The Morgan fingerprint density at radius 1 is 1.00 bits per heavy atom. The van der Waals surface area contributed by atoms with Gasteiger partial charge in [-0.05, 0) is 66.9 Å². The molecule has 2 N–H and O–H groups in total. The number of carbonyl (C=O) groups excluding carboxylic acids is 1. The lowest BCUT2D eigenvalue weighted by Crippen LogP contribution is -2.28. The second-order valence-corrected chi connectivity index (χ2v) is 8.67. The quantitative estimate of drug-likeness (QED) is 0.339. The molecule has 0 radical (unpaired) electrons. The first-order valence-electron chi connectivity index (χ1n) is 11.3. The Bertz CT molecular complexity index is 1440.